The number of carbonyl (C=O) groups excluding carboxylic acids is 1. The van der Waals surface area contributed by atoms with Gasteiger partial charge in [0.25, 0.3) is 5.91 Å². The van der Waals surface area contributed by atoms with Gasteiger partial charge in [-0.1, -0.05) is 0 Å². The van der Waals surface area contributed by atoms with E-state index in [4.69, 9.17) is 10.5 Å². The van der Waals surface area contributed by atoms with E-state index in [-0.39, 0.29) is 18.0 Å². The number of aromatic nitrogens is 1. The summed E-state index contributed by atoms with van der Waals surface area (Å²) >= 11 is 1.49. The van der Waals surface area contributed by atoms with Crippen LogP contribution < -0.4 is 11.1 Å². The van der Waals surface area contributed by atoms with Crippen molar-refractivity contribution in [3.05, 3.63) is 16.1 Å². The van der Waals surface area contributed by atoms with E-state index in [0.717, 1.165) is 37.7 Å². The van der Waals surface area contributed by atoms with Crippen LogP contribution in [0.2, 0.25) is 0 Å². The number of ether oxygens (including phenoxy) is 1. The van der Waals surface area contributed by atoms with Crippen molar-refractivity contribution in [2.45, 2.75) is 32.4 Å². The lowest BCUT2D eigenvalue weighted by Crippen LogP contribution is -2.52. The lowest BCUT2D eigenvalue weighted by Gasteiger charge is -2.35. The van der Waals surface area contributed by atoms with Gasteiger partial charge < -0.3 is 15.8 Å². The Bertz CT molecular complexity index is 460. The molecule has 1 amide bonds. The van der Waals surface area contributed by atoms with Gasteiger partial charge in [-0.15, -0.1) is 11.3 Å². The summed E-state index contributed by atoms with van der Waals surface area (Å²) in [5, 5.41) is 5.75. The second-order valence-electron chi connectivity index (χ2n) is 5.32. The number of rotatable bonds is 6. The predicted octanol–water partition coefficient (Wildman–Crippen LogP) is 0.483. The van der Waals surface area contributed by atoms with Crippen LogP contribution in [0.1, 0.15) is 29.3 Å². The van der Waals surface area contributed by atoms with Crippen molar-refractivity contribution in [1.82, 2.24) is 15.2 Å². The molecule has 2 atom stereocenters. The number of carbonyl (C=O) groups is 1. The highest BCUT2D eigenvalue weighted by Gasteiger charge is 2.24. The topological polar surface area (TPSA) is 80.5 Å². The number of amides is 1. The van der Waals surface area contributed by atoms with Crippen molar-refractivity contribution >= 4 is 17.2 Å². The van der Waals surface area contributed by atoms with Gasteiger partial charge in [-0.05, 0) is 20.4 Å². The molecule has 0 saturated carbocycles. The zero-order valence-electron chi connectivity index (χ0n) is 12.7. The molecule has 3 N–H and O–H groups in total. The molecule has 1 aliphatic rings. The molecule has 1 aliphatic heterocycles. The van der Waals surface area contributed by atoms with E-state index in [1.54, 1.807) is 5.38 Å². The maximum Gasteiger partial charge on any atom is 0.271 e. The van der Waals surface area contributed by atoms with E-state index in [1.807, 2.05) is 6.92 Å². The van der Waals surface area contributed by atoms with Crippen molar-refractivity contribution in [3.8, 4) is 0 Å². The summed E-state index contributed by atoms with van der Waals surface area (Å²) in [5.41, 5.74) is 5.99. The molecule has 0 spiro atoms. The van der Waals surface area contributed by atoms with E-state index < -0.39 is 0 Å². The summed E-state index contributed by atoms with van der Waals surface area (Å²) in [6.07, 6.45) is 0.720. The van der Waals surface area contributed by atoms with Crippen LogP contribution in [-0.4, -0.2) is 60.7 Å². The van der Waals surface area contributed by atoms with Gasteiger partial charge in [0.2, 0.25) is 0 Å². The fourth-order valence-corrected chi connectivity index (χ4v) is 3.15. The smallest absolute Gasteiger partial charge is 0.271 e. The molecule has 1 fully saturated rings. The Morgan fingerprint density at radius 1 is 1.52 bits per heavy atom. The van der Waals surface area contributed by atoms with Gasteiger partial charge in [0.05, 0.1) is 18.2 Å². The summed E-state index contributed by atoms with van der Waals surface area (Å²) in [5.74, 6) is -0.109. The first kappa shape index (κ1) is 16.4. The van der Waals surface area contributed by atoms with Gasteiger partial charge in [-0.2, -0.15) is 0 Å². The van der Waals surface area contributed by atoms with Crippen LogP contribution in [0.15, 0.2) is 5.38 Å². The Morgan fingerprint density at radius 3 is 2.90 bits per heavy atom. The molecule has 21 heavy (non-hydrogen) atoms. The van der Waals surface area contributed by atoms with Crippen molar-refractivity contribution in [1.29, 1.82) is 0 Å². The third-order valence-corrected chi connectivity index (χ3v) is 4.76. The van der Waals surface area contributed by atoms with E-state index in [9.17, 15) is 4.79 Å². The van der Waals surface area contributed by atoms with Crippen molar-refractivity contribution in [2.24, 2.45) is 5.73 Å². The second kappa shape index (κ2) is 7.84. The number of nitrogens with zero attached hydrogens (tertiary/aromatic N) is 2. The van der Waals surface area contributed by atoms with Gasteiger partial charge in [-0.25, -0.2) is 4.98 Å². The number of thiazole rings is 1. The minimum atomic E-state index is -0.109. The average Bonchev–Trinajstić information content (AvgIpc) is 2.96. The molecule has 0 bridgehead atoms. The maximum atomic E-state index is 12.2. The molecule has 0 radical (unpaired) electrons. The standard InChI is InChI=1S/C14H24N4O2S/c1-10(11(2)18-5-7-20-8-6-18)16-14(19)12-9-21-13(17-12)3-4-15/h9-11H,3-8,15H2,1-2H3,(H,16,19). The Hall–Kier alpha value is -1.02. The first-order chi connectivity index (χ1) is 10.1. The molecule has 1 saturated heterocycles. The van der Waals surface area contributed by atoms with Crippen molar-refractivity contribution in [2.75, 3.05) is 32.8 Å². The molecule has 2 rings (SSSR count). The highest BCUT2D eigenvalue weighted by molar-refractivity contribution is 7.09. The minimum absolute atomic E-state index is 0.0651. The highest BCUT2D eigenvalue weighted by Crippen LogP contribution is 2.12. The molecule has 7 heteroatoms. The van der Waals surface area contributed by atoms with Crippen LogP contribution in [0.3, 0.4) is 0 Å². The van der Waals surface area contributed by atoms with E-state index in [1.165, 1.54) is 11.3 Å². The fraction of sp³-hybridized carbons (Fsp3) is 0.714. The molecular formula is C14H24N4O2S. The normalized spacial score (nSPS) is 19.2. The molecule has 6 nitrogen and oxygen atoms in total. The third kappa shape index (κ3) is 4.47. The van der Waals surface area contributed by atoms with Crippen LogP contribution in [0, 0.1) is 0 Å². The Labute approximate surface area is 129 Å². The quantitative estimate of drug-likeness (QED) is 0.799. The van der Waals surface area contributed by atoms with E-state index >= 15 is 0 Å². The molecule has 2 unspecified atom stereocenters. The summed E-state index contributed by atoms with van der Waals surface area (Å²) in [6, 6.07) is 0.343. The summed E-state index contributed by atoms with van der Waals surface area (Å²) in [4.78, 5) is 18.9. The average molecular weight is 312 g/mol. The number of nitrogens with two attached hydrogens (primary N) is 1. The number of nitrogens with one attached hydrogen (secondary N) is 1. The van der Waals surface area contributed by atoms with Gasteiger partial charge >= 0.3 is 0 Å². The minimum Gasteiger partial charge on any atom is -0.379 e. The Kier molecular flexibility index (Phi) is 6.10. The Balaban J connectivity index is 1.88. The summed E-state index contributed by atoms with van der Waals surface area (Å²) in [6.45, 7) is 8.08. The van der Waals surface area contributed by atoms with Gasteiger partial charge in [-0.3, -0.25) is 9.69 Å². The molecule has 0 aliphatic carbocycles. The lowest BCUT2D eigenvalue weighted by molar-refractivity contribution is 0.0137. The van der Waals surface area contributed by atoms with Gasteiger partial charge in [0, 0.05) is 37.0 Å². The van der Waals surface area contributed by atoms with Crippen LogP contribution in [-0.2, 0) is 11.2 Å². The van der Waals surface area contributed by atoms with E-state index in [2.05, 4.69) is 22.1 Å². The molecular weight excluding hydrogens is 288 g/mol. The lowest BCUT2D eigenvalue weighted by atomic mass is 10.1. The zero-order chi connectivity index (χ0) is 15.2. The fourth-order valence-electron chi connectivity index (χ4n) is 2.36. The predicted molar refractivity (Wildman–Crippen MR) is 83.7 cm³/mol. The van der Waals surface area contributed by atoms with Gasteiger partial charge in [0.15, 0.2) is 0 Å². The largest absolute Gasteiger partial charge is 0.379 e. The highest BCUT2D eigenvalue weighted by atomic mass is 32.1. The molecule has 118 valence electrons. The van der Waals surface area contributed by atoms with E-state index in [0.29, 0.717) is 12.2 Å². The molecule has 1 aromatic heterocycles. The van der Waals surface area contributed by atoms with Crippen LogP contribution >= 0.6 is 11.3 Å². The molecule has 0 aromatic carbocycles. The summed E-state index contributed by atoms with van der Waals surface area (Å²) in [7, 11) is 0. The SMILES string of the molecule is CC(NC(=O)c1csc(CCN)n1)C(C)N1CCOCC1. The molecule has 1 aromatic rings. The zero-order valence-corrected chi connectivity index (χ0v) is 13.5. The molecule has 2 heterocycles. The second-order valence-corrected chi connectivity index (χ2v) is 6.26. The maximum absolute atomic E-state index is 12.2. The number of hydrogen-bond acceptors (Lipinski definition) is 6. The summed E-state index contributed by atoms with van der Waals surface area (Å²) < 4.78 is 5.36. The first-order valence-electron chi connectivity index (χ1n) is 7.39. The van der Waals surface area contributed by atoms with Crippen LogP contribution in [0.5, 0.6) is 0 Å². The first-order valence-corrected chi connectivity index (χ1v) is 8.27. The third-order valence-electron chi connectivity index (χ3n) is 3.85. The van der Waals surface area contributed by atoms with Crippen molar-refractivity contribution in [3.63, 3.8) is 0 Å². The number of morpholine rings is 1. The van der Waals surface area contributed by atoms with Crippen molar-refractivity contribution < 1.29 is 9.53 Å². The van der Waals surface area contributed by atoms with Gasteiger partial charge in [0.1, 0.15) is 5.69 Å². The monoisotopic (exact) mass is 312 g/mol. The van der Waals surface area contributed by atoms with Crippen LogP contribution in [0.4, 0.5) is 0 Å². The number of hydrogen-bond donors (Lipinski definition) is 2. The van der Waals surface area contributed by atoms with Crippen LogP contribution in [0.25, 0.3) is 0 Å². The Morgan fingerprint density at radius 2 is 2.24 bits per heavy atom.